The SMILES string of the molecule is CN(C)C(=O)c1cn([C@@H]2CCCNC2)nn1. The summed E-state index contributed by atoms with van der Waals surface area (Å²) in [6, 6.07) is 0.324. The minimum absolute atomic E-state index is 0.102. The maximum Gasteiger partial charge on any atom is 0.275 e. The summed E-state index contributed by atoms with van der Waals surface area (Å²) in [6.45, 7) is 1.97. The molecule has 0 aliphatic carbocycles. The van der Waals surface area contributed by atoms with Crippen molar-refractivity contribution in [2.24, 2.45) is 0 Å². The number of carbonyl (C=O) groups excluding carboxylic acids is 1. The van der Waals surface area contributed by atoms with Crippen LogP contribution in [0.4, 0.5) is 0 Å². The molecule has 1 aliphatic heterocycles. The van der Waals surface area contributed by atoms with Gasteiger partial charge in [-0.15, -0.1) is 5.10 Å². The van der Waals surface area contributed by atoms with Crippen molar-refractivity contribution in [2.75, 3.05) is 27.2 Å². The minimum atomic E-state index is -0.102. The van der Waals surface area contributed by atoms with Crippen molar-refractivity contribution in [1.82, 2.24) is 25.2 Å². The third-order valence-electron chi connectivity index (χ3n) is 2.78. The number of aromatic nitrogens is 3. The third-order valence-corrected chi connectivity index (χ3v) is 2.78. The Morgan fingerprint density at radius 2 is 2.44 bits per heavy atom. The molecule has 1 atom stereocenters. The van der Waals surface area contributed by atoms with E-state index in [4.69, 9.17) is 0 Å². The van der Waals surface area contributed by atoms with Crippen molar-refractivity contribution in [3.05, 3.63) is 11.9 Å². The predicted octanol–water partition coefficient (Wildman–Crippen LogP) is -0.0956. The van der Waals surface area contributed by atoms with Crippen LogP contribution in [0.1, 0.15) is 29.4 Å². The molecule has 1 amide bonds. The molecule has 6 nitrogen and oxygen atoms in total. The highest BCUT2D eigenvalue weighted by molar-refractivity contribution is 5.91. The molecule has 1 fully saturated rings. The molecule has 1 saturated heterocycles. The van der Waals surface area contributed by atoms with E-state index in [-0.39, 0.29) is 5.91 Å². The summed E-state index contributed by atoms with van der Waals surface area (Å²) in [5.74, 6) is -0.102. The van der Waals surface area contributed by atoms with E-state index in [1.54, 1.807) is 25.0 Å². The number of nitrogens with zero attached hydrogens (tertiary/aromatic N) is 4. The number of piperidine rings is 1. The van der Waals surface area contributed by atoms with E-state index < -0.39 is 0 Å². The van der Waals surface area contributed by atoms with Gasteiger partial charge in [-0.05, 0) is 19.4 Å². The number of hydrogen-bond donors (Lipinski definition) is 1. The molecule has 1 aromatic rings. The molecule has 0 aromatic carbocycles. The summed E-state index contributed by atoms with van der Waals surface area (Å²) in [7, 11) is 3.42. The standard InChI is InChI=1S/C10H17N5O/c1-14(2)10(16)9-7-15(13-12-9)8-4-3-5-11-6-8/h7-8,11H,3-6H2,1-2H3/t8-/m1/s1. The van der Waals surface area contributed by atoms with Gasteiger partial charge in [-0.3, -0.25) is 4.79 Å². The lowest BCUT2D eigenvalue weighted by Crippen LogP contribution is -2.31. The average Bonchev–Trinajstić information content (AvgIpc) is 2.78. The van der Waals surface area contributed by atoms with Gasteiger partial charge < -0.3 is 10.2 Å². The van der Waals surface area contributed by atoms with Gasteiger partial charge in [0.2, 0.25) is 0 Å². The number of hydrogen-bond acceptors (Lipinski definition) is 4. The third kappa shape index (κ3) is 2.21. The fourth-order valence-corrected chi connectivity index (χ4v) is 1.84. The van der Waals surface area contributed by atoms with Crippen LogP contribution in [0.15, 0.2) is 6.20 Å². The quantitative estimate of drug-likeness (QED) is 0.760. The Balaban J connectivity index is 2.09. The highest BCUT2D eigenvalue weighted by Crippen LogP contribution is 2.15. The minimum Gasteiger partial charge on any atom is -0.343 e. The van der Waals surface area contributed by atoms with Crippen LogP contribution in [0.3, 0.4) is 0 Å². The van der Waals surface area contributed by atoms with Crippen LogP contribution in [0.25, 0.3) is 0 Å². The Labute approximate surface area is 94.6 Å². The molecule has 2 heterocycles. The number of amides is 1. The van der Waals surface area contributed by atoms with Crippen LogP contribution >= 0.6 is 0 Å². The van der Waals surface area contributed by atoms with Gasteiger partial charge in [-0.25, -0.2) is 4.68 Å². The Hall–Kier alpha value is -1.43. The lowest BCUT2D eigenvalue weighted by molar-refractivity contribution is 0.0822. The summed E-state index contributed by atoms with van der Waals surface area (Å²) in [5, 5.41) is 11.2. The molecular weight excluding hydrogens is 206 g/mol. The first-order valence-corrected chi connectivity index (χ1v) is 5.52. The number of nitrogens with one attached hydrogen (secondary N) is 1. The van der Waals surface area contributed by atoms with Crippen LogP contribution in [0.2, 0.25) is 0 Å². The molecule has 16 heavy (non-hydrogen) atoms. The second-order valence-corrected chi connectivity index (χ2v) is 4.28. The van der Waals surface area contributed by atoms with Crippen LogP contribution < -0.4 is 5.32 Å². The van der Waals surface area contributed by atoms with Gasteiger partial charge >= 0.3 is 0 Å². The Morgan fingerprint density at radius 1 is 1.62 bits per heavy atom. The molecule has 88 valence electrons. The lowest BCUT2D eigenvalue weighted by Gasteiger charge is -2.22. The van der Waals surface area contributed by atoms with Crippen LogP contribution in [-0.4, -0.2) is 53.0 Å². The van der Waals surface area contributed by atoms with Crippen molar-refractivity contribution in [1.29, 1.82) is 0 Å². The van der Waals surface area contributed by atoms with E-state index in [0.717, 1.165) is 25.9 Å². The molecule has 1 N–H and O–H groups in total. The number of carbonyl (C=O) groups is 1. The molecule has 0 bridgehead atoms. The second kappa shape index (κ2) is 4.61. The highest BCUT2D eigenvalue weighted by Gasteiger charge is 2.19. The second-order valence-electron chi connectivity index (χ2n) is 4.28. The molecular formula is C10H17N5O. The van der Waals surface area contributed by atoms with Gasteiger partial charge in [0.05, 0.1) is 12.2 Å². The summed E-state index contributed by atoms with van der Waals surface area (Å²) in [6.07, 6.45) is 3.97. The van der Waals surface area contributed by atoms with Crippen molar-refractivity contribution >= 4 is 5.91 Å². The first-order valence-electron chi connectivity index (χ1n) is 5.52. The molecule has 0 spiro atoms. The van der Waals surface area contributed by atoms with Gasteiger partial charge in [-0.1, -0.05) is 5.21 Å². The zero-order valence-electron chi connectivity index (χ0n) is 9.68. The van der Waals surface area contributed by atoms with Gasteiger partial charge in [0, 0.05) is 20.6 Å². The van der Waals surface area contributed by atoms with E-state index >= 15 is 0 Å². The van der Waals surface area contributed by atoms with Gasteiger partial charge in [0.25, 0.3) is 5.91 Å². The molecule has 6 heteroatoms. The van der Waals surface area contributed by atoms with E-state index in [1.807, 2.05) is 0 Å². The summed E-state index contributed by atoms with van der Waals surface area (Å²) < 4.78 is 1.79. The maximum atomic E-state index is 11.6. The first-order chi connectivity index (χ1) is 7.68. The van der Waals surface area contributed by atoms with Crippen LogP contribution in [0.5, 0.6) is 0 Å². The molecule has 0 unspecified atom stereocenters. The molecule has 1 aromatic heterocycles. The average molecular weight is 223 g/mol. The van der Waals surface area contributed by atoms with Gasteiger partial charge in [-0.2, -0.15) is 0 Å². The normalized spacial score (nSPS) is 20.8. The van der Waals surface area contributed by atoms with E-state index in [9.17, 15) is 4.79 Å². The highest BCUT2D eigenvalue weighted by atomic mass is 16.2. The zero-order valence-corrected chi connectivity index (χ0v) is 9.68. The molecule has 1 aliphatic rings. The maximum absolute atomic E-state index is 11.6. The zero-order chi connectivity index (χ0) is 11.5. The van der Waals surface area contributed by atoms with E-state index in [1.165, 1.54) is 4.90 Å². The van der Waals surface area contributed by atoms with Crippen molar-refractivity contribution in [3.8, 4) is 0 Å². The summed E-state index contributed by atoms with van der Waals surface area (Å²) in [5.41, 5.74) is 0.413. The molecule has 0 saturated carbocycles. The smallest absolute Gasteiger partial charge is 0.275 e. The monoisotopic (exact) mass is 223 g/mol. The molecule has 2 rings (SSSR count). The van der Waals surface area contributed by atoms with Gasteiger partial charge in [0.1, 0.15) is 0 Å². The Kier molecular flexibility index (Phi) is 3.19. The Bertz CT molecular complexity index is 367. The Morgan fingerprint density at radius 3 is 3.06 bits per heavy atom. The fourth-order valence-electron chi connectivity index (χ4n) is 1.84. The van der Waals surface area contributed by atoms with Gasteiger partial charge in [0.15, 0.2) is 5.69 Å². The van der Waals surface area contributed by atoms with E-state index in [2.05, 4.69) is 15.6 Å². The fraction of sp³-hybridized carbons (Fsp3) is 0.700. The molecule has 0 radical (unpaired) electrons. The topological polar surface area (TPSA) is 63.1 Å². The van der Waals surface area contributed by atoms with Crippen molar-refractivity contribution in [2.45, 2.75) is 18.9 Å². The summed E-state index contributed by atoms with van der Waals surface area (Å²) >= 11 is 0. The van der Waals surface area contributed by atoms with Crippen LogP contribution in [0, 0.1) is 0 Å². The predicted molar refractivity (Wildman–Crippen MR) is 59.2 cm³/mol. The van der Waals surface area contributed by atoms with Crippen LogP contribution in [-0.2, 0) is 0 Å². The number of rotatable bonds is 2. The van der Waals surface area contributed by atoms with Crippen molar-refractivity contribution in [3.63, 3.8) is 0 Å². The lowest BCUT2D eigenvalue weighted by atomic mass is 10.1. The largest absolute Gasteiger partial charge is 0.343 e. The summed E-state index contributed by atoms with van der Waals surface area (Å²) in [4.78, 5) is 13.1. The van der Waals surface area contributed by atoms with Crippen molar-refractivity contribution < 1.29 is 4.79 Å². The first kappa shape index (κ1) is 11.1. The van der Waals surface area contributed by atoms with E-state index in [0.29, 0.717) is 11.7 Å².